The van der Waals surface area contributed by atoms with Crippen molar-refractivity contribution in [3.63, 3.8) is 0 Å². The summed E-state index contributed by atoms with van der Waals surface area (Å²) in [6, 6.07) is 14.8. The summed E-state index contributed by atoms with van der Waals surface area (Å²) in [4.78, 5) is 32.3. The third-order valence-electron chi connectivity index (χ3n) is 4.98. The van der Waals surface area contributed by atoms with E-state index >= 15 is 0 Å². The van der Waals surface area contributed by atoms with Crippen LogP contribution in [-0.4, -0.2) is 27.5 Å². The summed E-state index contributed by atoms with van der Waals surface area (Å²) in [5, 5.41) is 3.30. The minimum absolute atomic E-state index is 0.0558. The van der Waals surface area contributed by atoms with E-state index in [0.29, 0.717) is 24.2 Å². The smallest absolute Gasteiger partial charge is 0.260 e. The van der Waals surface area contributed by atoms with Crippen LogP contribution < -0.4 is 22.2 Å². The molecule has 0 aliphatic carbocycles. The van der Waals surface area contributed by atoms with Gasteiger partial charge in [0.15, 0.2) is 0 Å². The summed E-state index contributed by atoms with van der Waals surface area (Å²) in [6.45, 7) is 2.19. The summed E-state index contributed by atoms with van der Waals surface area (Å²) >= 11 is 0. The SMILES string of the molecule is NCCCNCc1ccc(-c2cn3c(=O)cc(-c4ccccc4F)nc3[nH]c2=O)cc1. The lowest BCUT2D eigenvalue weighted by atomic mass is 10.1. The van der Waals surface area contributed by atoms with Crippen LogP contribution in [0.25, 0.3) is 28.2 Å². The van der Waals surface area contributed by atoms with Gasteiger partial charge in [-0.3, -0.25) is 19.0 Å². The van der Waals surface area contributed by atoms with E-state index in [2.05, 4.69) is 15.3 Å². The zero-order chi connectivity index (χ0) is 21.8. The molecule has 0 atom stereocenters. The van der Waals surface area contributed by atoms with Crippen molar-refractivity contribution in [3.8, 4) is 22.4 Å². The molecule has 0 bridgehead atoms. The van der Waals surface area contributed by atoms with Gasteiger partial charge in [-0.25, -0.2) is 9.37 Å². The van der Waals surface area contributed by atoms with E-state index in [1.165, 1.54) is 28.8 Å². The van der Waals surface area contributed by atoms with Crippen molar-refractivity contribution in [1.82, 2.24) is 19.7 Å². The minimum Gasteiger partial charge on any atom is -0.330 e. The molecule has 0 radical (unpaired) electrons. The molecular weight excluding hydrogens is 397 g/mol. The summed E-state index contributed by atoms with van der Waals surface area (Å²) in [7, 11) is 0. The molecule has 4 N–H and O–H groups in total. The highest BCUT2D eigenvalue weighted by Gasteiger charge is 2.12. The fourth-order valence-electron chi connectivity index (χ4n) is 3.34. The first-order valence-corrected chi connectivity index (χ1v) is 9.98. The van der Waals surface area contributed by atoms with Crippen LogP contribution in [0.5, 0.6) is 0 Å². The van der Waals surface area contributed by atoms with Crippen LogP contribution in [-0.2, 0) is 6.54 Å². The summed E-state index contributed by atoms with van der Waals surface area (Å²) in [5.74, 6) is -0.435. The minimum atomic E-state index is -0.490. The molecule has 31 heavy (non-hydrogen) atoms. The molecule has 0 aliphatic rings. The predicted octanol–water partition coefficient (Wildman–Crippen LogP) is 2.29. The highest BCUT2D eigenvalue weighted by atomic mass is 19.1. The summed E-state index contributed by atoms with van der Waals surface area (Å²) in [6.07, 6.45) is 2.37. The second kappa shape index (κ2) is 9.03. The zero-order valence-corrected chi connectivity index (χ0v) is 16.8. The van der Waals surface area contributed by atoms with Crippen molar-refractivity contribution in [3.05, 3.63) is 92.9 Å². The average Bonchev–Trinajstić information content (AvgIpc) is 2.77. The fourth-order valence-corrected chi connectivity index (χ4v) is 3.34. The van der Waals surface area contributed by atoms with Crippen molar-refractivity contribution in [2.75, 3.05) is 13.1 Å². The number of fused-ring (bicyclic) bond motifs is 1. The lowest BCUT2D eigenvalue weighted by Crippen LogP contribution is -2.21. The molecule has 0 saturated heterocycles. The highest BCUT2D eigenvalue weighted by Crippen LogP contribution is 2.20. The van der Waals surface area contributed by atoms with Gasteiger partial charge in [-0.15, -0.1) is 0 Å². The Kier molecular flexibility index (Phi) is 6.01. The molecule has 4 rings (SSSR count). The van der Waals surface area contributed by atoms with Crippen molar-refractivity contribution in [2.24, 2.45) is 5.73 Å². The van der Waals surface area contributed by atoms with Crippen LogP contribution in [0.1, 0.15) is 12.0 Å². The van der Waals surface area contributed by atoms with Gasteiger partial charge >= 0.3 is 0 Å². The molecule has 0 amide bonds. The summed E-state index contributed by atoms with van der Waals surface area (Å²) in [5.41, 5.74) is 7.15. The van der Waals surface area contributed by atoms with E-state index in [4.69, 9.17) is 5.73 Å². The van der Waals surface area contributed by atoms with Crippen LogP contribution in [0, 0.1) is 5.82 Å². The number of nitrogens with two attached hydrogens (primary N) is 1. The van der Waals surface area contributed by atoms with Crippen molar-refractivity contribution < 1.29 is 4.39 Å². The maximum absolute atomic E-state index is 14.1. The lowest BCUT2D eigenvalue weighted by molar-refractivity contribution is 0.630. The molecule has 0 unspecified atom stereocenters. The van der Waals surface area contributed by atoms with Crippen LogP contribution in [0.15, 0.2) is 70.4 Å². The molecule has 2 heterocycles. The molecule has 158 valence electrons. The van der Waals surface area contributed by atoms with Crippen LogP contribution in [0.4, 0.5) is 4.39 Å². The van der Waals surface area contributed by atoms with Crippen molar-refractivity contribution in [2.45, 2.75) is 13.0 Å². The van der Waals surface area contributed by atoms with E-state index in [1.807, 2.05) is 24.3 Å². The molecule has 0 fully saturated rings. The lowest BCUT2D eigenvalue weighted by Gasteiger charge is -2.08. The van der Waals surface area contributed by atoms with Crippen molar-refractivity contribution in [1.29, 1.82) is 0 Å². The number of rotatable bonds is 7. The van der Waals surface area contributed by atoms with Gasteiger partial charge in [0, 0.05) is 24.4 Å². The van der Waals surface area contributed by atoms with Gasteiger partial charge in [0.2, 0.25) is 5.78 Å². The van der Waals surface area contributed by atoms with Gasteiger partial charge in [0.25, 0.3) is 11.1 Å². The maximum Gasteiger partial charge on any atom is 0.260 e. The first-order valence-electron chi connectivity index (χ1n) is 9.98. The standard InChI is InChI=1S/C23H22FN5O2/c24-19-5-2-1-4-17(19)20-12-21(30)29-14-18(22(31)28-23(29)27-20)16-8-6-15(7-9-16)13-26-11-3-10-25/h1-2,4-9,12,14,26H,3,10-11,13,25H2,(H,27,28,31). The fraction of sp³-hybridized carbons (Fsp3) is 0.174. The molecule has 0 spiro atoms. The van der Waals surface area contributed by atoms with Gasteiger partial charge < -0.3 is 11.1 Å². The van der Waals surface area contributed by atoms with E-state index in [0.717, 1.165) is 18.5 Å². The predicted molar refractivity (Wildman–Crippen MR) is 118 cm³/mol. The largest absolute Gasteiger partial charge is 0.330 e. The Hall–Kier alpha value is -3.62. The molecule has 2 aromatic heterocycles. The number of nitrogens with one attached hydrogen (secondary N) is 2. The summed E-state index contributed by atoms with van der Waals surface area (Å²) < 4.78 is 15.3. The zero-order valence-electron chi connectivity index (χ0n) is 16.8. The van der Waals surface area contributed by atoms with Gasteiger partial charge in [-0.2, -0.15) is 0 Å². The van der Waals surface area contributed by atoms with Crippen molar-refractivity contribution >= 4 is 5.78 Å². The van der Waals surface area contributed by atoms with Gasteiger partial charge in [-0.05, 0) is 42.8 Å². The Bertz CT molecular complexity index is 1330. The van der Waals surface area contributed by atoms with Crippen LogP contribution >= 0.6 is 0 Å². The number of hydrogen-bond donors (Lipinski definition) is 3. The number of aromatic nitrogens is 3. The van der Waals surface area contributed by atoms with Crippen LogP contribution in [0.3, 0.4) is 0 Å². The first-order chi connectivity index (χ1) is 15.1. The third kappa shape index (κ3) is 4.45. The second-order valence-corrected chi connectivity index (χ2v) is 7.17. The number of hydrogen-bond acceptors (Lipinski definition) is 5. The Labute approximate surface area is 177 Å². The number of nitrogens with zero attached hydrogens (tertiary/aromatic N) is 2. The third-order valence-corrected chi connectivity index (χ3v) is 4.98. The number of H-pyrrole nitrogens is 1. The molecule has 2 aromatic carbocycles. The monoisotopic (exact) mass is 419 g/mol. The molecular formula is C23H22FN5O2. The van der Waals surface area contributed by atoms with E-state index in [9.17, 15) is 14.0 Å². The molecule has 7 nitrogen and oxygen atoms in total. The molecule has 0 saturated carbocycles. The molecule has 8 heteroatoms. The van der Waals surface area contributed by atoms with Gasteiger partial charge in [0.05, 0.1) is 11.3 Å². The van der Waals surface area contributed by atoms with Crippen LogP contribution in [0.2, 0.25) is 0 Å². The van der Waals surface area contributed by atoms with Gasteiger partial charge in [0.1, 0.15) is 5.82 Å². The number of benzene rings is 2. The Morgan fingerprint density at radius 3 is 2.58 bits per heavy atom. The number of halogens is 1. The topological polar surface area (TPSA) is 105 Å². The highest BCUT2D eigenvalue weighted by molar-refractivity contribution is 5.64. The average molecular weight is 419 g/mol. The Morgan fingerprint density at radius 1 is 1.06 bits per heavy atom. The Balaban J connectivity index is 1.67. The van der Waals surface area contributed by atoms with Gasteiger partial charge in [-0.1, -0.05) is 36.4 Å². The molecule has 4 aromatic rings. The van der Waals surface area contributed by atoms with E-state index < -0.39 is 11.4 Å². The second-order valence-electron chi connectivity index (χ2n) is 7.17. The first kappa shape index (κ1) is 20.6. The van der Waals surface area contributed by atoms with E-state index in [-0.39, 0.29) is 22.6 Å². The molecule has 0 aliphatic heterocycles. The maximum atomic E-state index is 14.1. The Morgan fingerprint density at radius 2 is 1.84 bits per heavy atom. The van der Waals surface area contributed by atoms with E-state index in [1.54, 1.807) is 12.1 Å². The number of aromatic amines is 1. The normalized spacial score (nSPS) is 11.2. The quantitative estimate of drug-likeness (QED) is 0.399.